The minimum atomic E-state index is -5.69. The number of esters is 1. The van der Waals surface area contributed by atoms with Crippen LogP contribution >= 0.6 is 0 Å². The van der Waals surface area contributed by atoms with E-state index in [-0.39, 0.29) is 0 Å². The second-order valence-corrected chi connectivity index (χ2v) is 2.96. The highest BCUT2D eigenvalue weighted by Gasteiger charge is 2.58. The smallest absolute Gasteiger partial charge is 0.456 e. The summed E-state index contributed by atoms with van der Waals surface area (Å²) in [6.45, 7) is 0.690. The molecule has 0 aliphatic rings. The van der Waals surface area contributed by atoms with Gasteiger partial charge >= 0.3 is 18.1 Å². The number of carbonyl (C=O) groups is 1. The zero-order chi connectivity index (χ0) is 11.6. The number of hydrogen-bond acceptors (Lipinski definition) is 2. The molecular weight excluding hydrogens is 211 g/mol. The number of alkyl halides is 5. The lowest BCUT2D eigenvalue weighted by atomic mass is 10.2. The van der Waals surface area contributed by atoms with Gasteiger partial charge in [-0.15, -0.1) is 0 Å². The van der Waals surface area contributed by atoms with Gasteiger partial charge in [-0.3, -0.25) is 4.79 Å². The number of carbonyl (C=O) groups excluding carboxylic acids is 1. The Morgan fingerprint density at radius 2 is 1.64 bits per heavy atom. The van der Waals surface area contributed by atoms with Crippen LogP contribution in [0, 0.1) is 5.92 Å². The molecule has 0 aliphatic carbocycles. The number of halogens is 5. The molecule has 84 valence electrons. The summed E-state index contributed by atoms with van der Waals surface area (Å²) in [4.78, 5) is 10.6. The summed E-state index contributed by atoms with van der Waals surface area (Å²) >= 11 is 0. The van der Waals surface area contributed by atoms with Crippen molar-refractivity contribution in [2.24, 2.45) is 5.92 Å². The lowest BCUT2D eigenvalue weighted by Crippen LogP contribution is -2.41. The second-order valence-electron chi connectivity index (χ2n) is 2.96. The Morgan fingerprint density at radius 1 is 1.21 bits per heavy atom. The third-order valence-corrected chi connectivity index (χ3v) is 1.28. The summed E-state index contributed by atoms with van der Waals surface area (Å²) in [5.41, 5.74) is 0. The Balaban J connectivity index is 4.20. The standard InChI is InChI=1S/C7H9F5O2/c1-4(2)5(13)14-3-6(8,9)7(10,11)12/h4H,3H2,1-2H3. The van der Waals surface area contributed by atoms with Crippen LogP contribution in [0.4, 0.5) is 22.0 Å². The van der Waals surface area contributed by atoms with Crippen molar-refractivity contribution in [3.05, 3.63) is 0 Å². The van der Waals surface area contributed by atoms with E-state index in [0.29, 0.717) is 0 Å². The fraction of sp³-hybridized carbons (Fsp3) is 0.857. The van der Waals surface area contributed by atoms with Crippen LogP contribution in [0.3, 0.4) is 0 Å². The minimum absolute atomic E-state index is 0.737. The minimum Gasteiger partial charge on any atom is -0.459 e. The van der Waals surface area contributed by atoms with Crippen molar-refractivity contribution >= 4 is 5.97 Å². The molecular formula is C7H9F5O2. The Hall–Kier alpha value is -0.880. The molecule has 0 spiro atoms. The van der Waals surface area contributed by atoms with Crippen LogP contribution in [-0.4, -0.2) is 24.7 Å². The van der Waals surface area contributed by atoms with E-state index in [1.54, 1.807) is 0 Å². The lowest BCUT2D eigenvalue weighted by molar-refractivity contribution is -0.294. The van der Waals surface area contributed by atoms with Crippen LogP contribution in [0.5, 0.6) is 0 Å². The van der Waals surface area contributed by atoms with Gasteiger partial charge in [0.15, 0.2) is 6.61 Å². The molecule has 0 aromatic carbocycles. The molecule has 0 aliphatic heterocycles. The predicted molar refractivity (Wildman–Crippen MR) is 36.8 cm³/mol. The van der Waals surface area contributed by atoms with E-state index in [9.17, 15) is 26.7 Å². The largest absolute Gasteiger partial charge is 0.459 e. The quantitative estimate of drug-likeness (QED) is 0.539. The van der Waals surface area contributed by atoms with E-state index in [1.165, 1.54) is 13.8 Å². The highest BCUT2D eigenvalue weighted by Crippen LogP contribution is 2.35. The molecule has 0 fully saturated rings. The third kappa shape index (κ3) is 3.47. The van der Waals surface area contributed by atoms with Gasteiger partial charge in [-0.1, -0.05) is 13.8 Å². The molecule has 14 heavy (non-hydrogen) atoms. The molecule has 0 heterocycles. The number of ether oxygens (including phenoxy) is 1. The van der Waals surface area contributed by atoms with Crippen LogP contribution in [0.2, 0.25) is 0 Å². The van der Waals surface area contributed by atoms with E-state index in [4.69, 9.17) is 0 Å². The summed E-state index contributed by atoms with van der Waals surface area (Å²) in [7, 11) is 0. The fourth-order valence-electron chi connectivity index (χ4n) is 0.410. The zero-order valence-electron chi connectivity index (χ0n) is 7.49. The molecule has 0 rings (SSSR count). The Labute approximate surface area is 77.0 Å². The Morgan fingerprint density at radius 3 is 1.93 bits per heavy atom. The van der Waals surface area contributed by atoms with Crippen LogP contribution in [0.1, 0.15) is 13.8 Å². The summed E-state index contributed by atoms with van der Waals surface area (Å²) in [6, 6.07) is 0. The van der Waals surface area contributed by atoms with Gasteiger partial charge in [0, 0.05) is 0 Å². The average Bonchev–Trinajstić information content (AvgIpc) is 1.97. The lowest BCUT2D eigenvalue weighted by Gasteiger charge is -2.19. The van der Waals surface area contributed by atoms with Crippen LogP contribution in [0.15, 0.2) is 0 Å². The van der Waals surface area contributed by atoms with Gasteiger partial charge in [0.25, 0.3) is 0 Å². The Bertz CT molecular complexity index is 209. The highest BCUT2D eigenvalue weighted by molar-refractivity contribution is 5.71. The molecule has 0 atom stereocenters. The molecule has 0 saturated heterocycles. The molecule has 0 aromatic rings. The van der Waals surface area contributed by atoms with Crippen molar-refractivity contribution in [1.82, 2.24) is 0 Å². The maximum absolute atomic E-state index is 12.2. The van der Waals surface area contributed by atoms with E-state index >= 15 is 0 Å². The molecule has 0 unspecified atom stereocenters. The van der Waals surface area contributed by atoms with Crippen molar-refractivity contribution < 1.29 is 31.5 Å². The van der Waals surface area contributed by atoms with Crippen molar-refractivity contribution in [3.63, 3.8) is 0 Å². The highest BCUT2D eigenvalue weighted by atomic mass is 19.4. The molecule has 0 aromatic heterocycles. The SMILES string of the molecule is CC(C)C(=O)OCC(F)(F)C(F)(F)F. The fourth-order valence-corrected chi connectivity index (χ4v) is 0.410. The van der Waals surface area contributed by atoms with Crippen molar-refractivity contribution in [3.8, 4) is 0 Å². The van der Waals surface area contributed by atoms with Gasteiger partial charge in [0.05, 0.1) is 5.92 Å². The molecule has 0 bridgehead atoms. The maximum Gasteiger partial charge on any atom is 0.456 e. The van der Waals surface area contributed by atoms with Crippen molar-refractivity contribution in [2.45, 2.75) is 25.9 Å². The third-order valence-electron chi connectivity index (χ3n) is 1.28. The first-order valence-electron chi connectivity index (χ1n) is 3.69. The summed E-state index contributed by atoms with van der Waals surface area (Å²) < 4.78 is 62.7. The van der Waals surface area contributed by atoms with Gasteiger partial charge in [-0.2, -0.15) is 22.0 Å². The molecule has 0 N–H and O–H groups in total. The van der Waals surface area contributed by atoms with Crippen molar-refractivity contribution in [1.29, 1.82) is 0 Å². The summed E-state index contributed by atoms with van der Waals surface area (Å²) in [5, 5.41) is 0. The monoisotopic (exact) mass is 220 g/mol. The average molecular weight is 220 g/mol. The second kappa shape index (κ2) is 4.10. The first-order chi connectivity index (χ1) is 6.08. The molecule has 0 amide bonds. The number of rotatable bonds is 3. The van der Waals surface area contributed by atoms with E-state index in [0.717, 1.165) is 0 Å². The van der Waals surface area contributed by atoms with Gasteiger partial charge in [0.1, 0.15) is 0 Å². The van der Waals surface area contributed by atoms with Gasteiger partial charge < -0.3 is 4.74 Å². The van der Waals surface area contributed by atoms with Crippen LogP contribution < -0.4 is 0 Å². The van der Waals surface area contributed by atoms with Crippen LogP contribution in [-0.2, 0) is 9.53 Å². The summed E-state index contributed by atoms with van der Waals surface area (Å²) in [6.07, 6.45) is -5.69. The van der Waals surface area contributed by atoms with Crippen molar-refractivity contribution in [2.75, 3.05) is 6.61 Å². The van der Waals surface area contributed by atoms with Crippen LogP contribution in [0.25, 0.3) is 0 Å². The van der Waals surface area contributed by atoms with E-state index < -0.39 is 30.6 Å². The summed E-state index contributed by atoms with van der Waals surface area (Å²) in [5.74, 6) is -6.81. The normalized spacial score (nSPS) is 13.1. The van der Waals surface area contributed by atoms with Gasteiger partial charge in [-0.25, -0.2) is 0 Å². The zero-order valence-corrected chi connectivity index (χ0v) is 7.49. The molecule has 7 heteroatoms. The molecule has 0 saturated carbocycles. The molecule has 0 radical (unpaired) electrons. The Kier molecular flexibility index (Phi) is 3.84. The number of hydrogen-bond donors (Lipinski definition) is 0. The maximum atomic E-state index is 12.2. The van der Waals surface area contributed by atoms with E-state index in [2.05, 4.69) is 4.74 Å². The predicted octanol–water partition coefficient (Wildman–Crippen LogP) is 2.38. The topological polar surface area (TPSA) is 26.3 Å². The van der Waals surface area contributed by atoms with Gasteiger partial charge in [-0.05, 0) is 0 Å². The van der Waals surface area contributed by atoms with E-state index in [1.807, 2.05) is 0 Å². The first-order valence-corrected chi connectivity index (χ1v) is 3.69. The molecule has 2 nitrogen and oxygen atoms in total. The first kappa shape index (κ1) is 13.1. The van der Waals surface area contributed by atoms with Gasteiger partial charge in [0.2, 0.25) is 0 Å².